The van der Waals surface area contributed by atoms with Crippen molar-refractivity contribution in [3.63, 3.8) is 0 Å². The number of hydrogen-bond acceptors (Lipinski definition) is 4. The van der Waals surface area contributed by atoms with Gasteiger partial charge >= 0.3 is 0 Å². The normalized spacial score (nSPS) is 11.2. The van der Waals surface area contributed by atoms with Gasteiger partial charge in [-0.2, -0.15) is 0 Å². The SMILES string of the molecule is CCCCCCCC[N+](C)(C)CCO.O=C([O-])C(O)(c1ccccc1)c1ccccc1.[Br-]. The fourth-order valence-corrected chi connectivity index (χ4v) is 3.46. The zero-order valence-electron chi connectivity index (χ0n) is 19.7. The van der Waals surface area contributed by atoms with Gasteiger partial charge in [-0.1, -0.05) is 93.3 Å². The second-order valence-corrected chi connectivity index (χ2v) is 8.60. The van der Waals surface area contributed by atoms with E-state index in [4.69, 9.17) is 5.11 Å². The first-order valence-electron chi connectivity index (χ1n) is 11.3. The number of unbranched alkanes of at least 4 members (excludes halogenated alkanes) is 5. The van der Waals surface area contributed by atoms with Gasteiger partial charge < -0.3 is 41.6 Å². The number of likely N-dealkylation sites (N-methyl/N-ethyl adjacent to an activating group) is 1. The summed E-state index contributed by atoms with van der Waals surface area (Å²) in [5.41, 5.74) is -1.54. The minimum Gasteiger partial charge on any atom is -1.00 e. The van der Waals surface area contributed by atoms with Gasteiger partial charge in [-0.3, -0.25) is 0 Å². The lowest BCUT2D eigenvalue weighted by Gasteiger charge is -2.30. The van der Waals surface area contributed by atoms with Gasteiger partial charge in [-0.05, 0) is 24.0 Å². The van der Waals surface area contributed by atoms with Crippen molar-refractivity contribution in [2.45, 2.75) is 51.0 Å². The first-order chi connectivity index (χ1) is 14.8. The van der Waals surface area contributed by atoms with E-state index in [1.807, 2.05) is 0 Å². The van der Waals surface area contributed by atoms with Gasteiger partial charge in [-0.15, -0.1) is 0 Å². The summed E-state index contributed by atoms with van der Waals surface area (Å²) in [6.07, 6.45) is 8.14. The van der Waals surface area contributed by atoms with E-state index < -0.39 is 11.6 Å². The predicted molar refractivity (Wildman–Crippen MR) is 123 cm³/mol. The summed E-state index contributed by atoms with van der Waals surface area (Å²) in [5.74, 6) is -1.53. The Hall–Kier alpha value is -1.73. The van der Waals surface area contributed by atoms with Crippen LogP contribution >= 0.6 is 0 Å². The molecular formula is C26H39BrNO4-. The molecule has 5 nitrogen and oxygen atoms in total. The number of carbonyl (C=O) groups excluding carboxylic acids is 1. The quantitative estimate of drug-likeness (QED) is 0.314. The van der Waals surface area contributed by atoms with E-state index in [1.165, 1.54) is 45.1 Å². The number of nitrogens with zero attached hydrogens (tertiary/aromatic N) is 1. The van der Waals surface area contributed by atoms with Crippen molar-refractivity contribution >= 4 is 5.97 Å². The van der Waals surface area contributed by atoms with E-state index >= 15 is 0 Å². The number of halogens is 1. The zero-order chi connectivity index (χ0) is 23.2. The first-order valence-corrected chi connectivity index (χ1v) is 11.3. The molecule has 180 valence electrons. The maximum atomic E-state index is 11.3. The van der Waals surface area contributed by atoms with Crippen LogP contribution in [0.4, 0.5) is 0 Å². The number of carboxylic acids is 1. The summed E-state index contributed by atoms with van der Waals surface area (Å²) >= 11 is 0. The predicted octanol–water partition coefficient (Wildman–Crippen LogP) is 0.0920. The molecule has 0 aliphatic carbocycles. The van der Waals surface area contributed by atoms with E-state index in [0.29, 0.717) is 6.61 Å². The Kier molecular flexibility index (Phi) is 15.1. The minimum atomic E-state index is -2.11. The average molecular weight is 510 g/mol. The number of hydrogen-bond donors (Lipinski definition) is 2. The van der Waals surface area contributed by atoms with E-state index in [2.05, 4.69) is 21.0 Å². The molecule has 0 saturated heterocycles. The number of benzene rings is 2. The summed E-state index contributed by atoms with van der Waals surface area (Å²) in [7, 11) is 4.39. The molecule has 0 aliphatic heterocycles. The summed E-state index contributed by atoms with van der Waals surface area (Å²) in [6, 6.07) is 16.4. The average Bonchev–Trinajstić information content (AvgIpc) is 2.77. The molecule has 0 amide bonds. The largest absolute Gasteiger partial charge is 1.00 e. The number of carboxylic acid groups (broad SMARTS) is 1. The fourth-order valence-electron chi connectivity index (χ4n) is 3.46. The van der Waals surface area contributed by atoms with Crippen LogP contribution in [0.15, 0.2) is 60.7 Å². The molecule has 32 heavy (non-hydrogen) atoms. The molecule has 0 aliphatic rings. The Bertz CT molecular complexity index is 699. The molecule has 6 heteroatoms. The van der Waals surface area contributed by atoms with Crippen molar-refractivity contribution in [2.75, 3.05) is 33.8 Å². The van der Waals surface area contributed by atoms with Crippen LogP contribution in [0.3, 0.4) is 0 Å². The Labute approximate surface area is 204 Å². The number of rotatable bonds is 12. The van der Waals surface area contributed by atoms with Crippen LogP contribution in [0.5, 0.6) is 0 Å². The zero-order valence-corrected chi connectivity index (χ0v) is 21.3. The summed E-state index contributed by atoms with van der Waals surface area (Å²) in [6.45, 7) is 4.64. The highest BCUT2D eigenvalue weighted by Crippen LogP contribution is 2.28. The van der Waals surface area contributed by atoms with Crippen LogP contribution in [-0.2, 0) is 10.4 Å². The highest BCUT2D eigenvalue weighted by molar-refractivity contribution is 5.81. The number of quaternary nitrogens is 1. The van der Waals surface area contributed by atoms with Crippen LogP contribution in [0, 0.1) is 0 Å². The Balaban J connectivity index is 0.000000596. The number of aliphatic carboxylic acids is 1. The molecule has 2 aromatic rings. The maximum absolute atomic E-state index is 11.3. The Morgan fingerprint density at radius 1 is 0.844 bits per heavy atom. The van der Waals surface area contributed by atoms with Crippen LogP contribution in [0.1, 0.15) is 56.6 Å². The molecule has 0 unspecified atom stereocenters. The van der Waals surface area contributed by atoms with Gasteiger partial charge in [0.05, 0.1) is 33.2 Å². The van der Waals surface area contributed by atoms with Gasteiger partial charge in [0, 0.05) is 0 Å². The van der Waals surface area contributed by atoms with Gasteiger partial charge in [0.2, 0.25) is 0 Å². The van der Waals surface area contributed by atoms with Gasteiger partial charge in [-0.25, -0.2) is 0 Å². The van der Waals surface area contributed by atoms with Crippen molar-refractivity contribution in [3.05, 3.63) is 71.8 Å². The Morgan fingerprint density at radius 3 is 1.69 bits per heavy atom. The lowest BCUT2D eigenvalue weighted by Crippen LogP contribution is -3.00. The van der Waals surface area contributed by atoms with Gasteiger partial charge in [0.25, 0.3) is 0 Å². The van der Waals surface area contributed by atoms with Crippen molar-refractivity contribution in [1.29, 1.82) is 0 Å². The third-order valence-corrected chi connectivity index (χ3v) is 5.50. The molecule has 0 bridgehead atoms. The van der Waals surface area contributed by atoms with E-state index in [9.17, 15) is 15.0 Å². The van der Waals surface area contributed by atoms with E-state index in [1.54, 1.807) is 60.7 Å². The topological polar surface area (TPSA) is 80.6 Å². The highest BCUT2D eigenvalue weighted by Gasteiger charge is 2.32. The molecule has 2 rings (SSSR count). The summed E-state index contributed by atoms with van der Waals surface area (Å²) < 4.78 is 0.963. The maximum Gasteiger partial charge on any atom is 0.154 e. The van der Waals surface area contributed by atoms with Gasteiger partial charge in [0.1, 0.15) is 6.54 Å². The van der Waals surface area contributed by atoms with Crippen LogP contribution in [0.25, 0.3) is 0 Å². The van der Waals surface area contributed by atoms with E-state index in [0.717, 1.165) is 11.0 Å². The van der Waals surface area contributed by atoms with Crippen molar-refractivity contribution in [2.24, 2.45) is 0 Å². The summed E-state index contributed by atoms with van der Waals surface area (Å²) in [4.78, 5) is 11.3. The van der Waals surface area contributed by atoms with Crippen LogP contribution in [0.2, 0.25) is 0 Å². The molecular weight excluding hydrogens is 470 g/mol. The number of aliphatic hydroxyl groups is 2. The Morgan fingerprint density at radius 2 is 1.28 bits per heavy atom. The van der Waals surface area contributed by atoms with Gasteiger partial charge in [0.15, 0.2) is 5.60 Å². The fraction of sp³-hybridized carbons (Fsp3) is 0.500. The smallest absolute Gasteiger partial charge is 0.154 e. The standard InChI is InChI=1S/C14H12O3.C12H28NO.BrH/c15-13(16)14(17,11-7-3-1-4-8-11)12-9-5-2-6-10-12;1-4-5-6-7-8-9-10-13(2,3)11-12-14;/h1-10,17H,(H,15,16);14H,4-12H2,1-3H3;1H/q;+1;/p-2. The molecule has 0 fully saturated rings. The molecule has 2 N–H and O–H groups in total. The molecule has 0 heterocycles. The van der Waals surface area contributed by atoms with Crippen molar-refractivity contribution in [3.8, 4) is 0 Å². The molecule has 0 radical (unpaired) electrons. The van der Waals surface area contributed by atoms with Crippen LogP contribution in [-0.4, -0.2) is 54.5 Å². The monoisotopic (exact) mass is 508 g/mol. The van der Waals surface area contributed by atoms with Crippen LogP contribution < -0.4 is 22.1 Å². The molecule has 2 aromatic carbocycles. The minimum absolute atomic E-state index is 0. The number of carbonyl (C=O) groups is 1. The van der Waals surface area contributed by atoms with Crippen molar-refractivity contribution in [1.82, 2.24) is 0 Å². The summed E-state index contributed by atoms with van der Waals surface area (Å²) in [5, 5.41) is 30.5. The second-order valence-electron chi connectivity index (χ2n) is 8.60. The number of aliphatic hydroxyl groups excluding tert-OH is 1. The molecule has 0 atom stereocenters. The molecule has 0 aromatic heterocycles. The molecule has 0 saturated carbocycles. The lowest BCUT2D eigenvalue weighted by atomic mass is 9.86. The van der Waals surface area contributed by atoms with Crippen molar-refractivity contribution < 1.29 is 41.6 Å². The van der Waals surface area contributed by atoms with E-state index in [-0.39, 0.29) is 28.1 Å². The highest BCUT2D eigenvalue weighted by atomic mass is 79.9. The molecule has 0 spiro atoms. The lowest BCUT2D eigenvalue weighted by molar-refractivity contribution is -0.890. The third kappa shape index (κ3) is 10.3. The second kappa shape index (κ2) is 16.0. The third-order valence-electron chi connectivity index (χ3n) is 5.50. The first kappa shape index (κ1) is 30.3.